The number of hydrogen-bond donors (Lipinski definition) is 1. The van der Waals surface area contributed by atoms with Crippen LogP contribution in [0.25, 0.3) is 0 Å². The van der Waals surface area contributed by atoms with E-state index in [0.29, 0.717) is 18.1 Å². The highest BCUT2D eigenvalue weighted by molar-refractivity contribution is 5.91. The van der Waals surface area contributed by atoms with Crippen LogP contribution in [0.5, 0.6) is 0 Å². The highest BCUT2D eigenvalue weighted by Gasteiger charge is 2.14. The van der Waals surface area contributed by atoms with E-state index < -0.39 is 0 Å². The van der Waals surface area contributed by atoms with E-state index >= 15 is 0 Å². The minimum absolute atomic E-state index is 0.147. The van der Waals surface area contributed by atoms with Gasteiger partial charge in [-0.1, -0.05) is 62.4 Å². The van der Waals surface area contributed by atoms with Crippen LogP contribution in [0.3, 0.4) is 0 Å². The van der Waals surface area contributed by atoms with Gasteiger partial charge in [-0.3, -0.25) is 4.79 Å². The van der Waals surface area contributed by atoms with Crippen LogP contribution < -0.4 is 5.32 Å². The second kappa shape index (κ2) is 9.13. The van der Waals surface area contributed by atoms with Crippen molar-refractivity contribution in [1.29, 1.82) is 0 Å². The molecule has 0 spiro atoms. The van der Waals surface area contributed by atoms with Crippen molar-refractivity contribution in [2.75, 3.05) is 12.4 Å². The molecule has 3 aromatic rings. The summed E-state index contributed by atoms with van der Waals surface area (Å²) in [6.45, 7) is 4.80. The third-order valence-corrected chi connectivity index (χ3v) is 4.73. The van der Waals surface area contributed by atoms with E-state index in [2.05, 4.69) is 47.3 Å². The molecule has 0 bridgehead atoms. The second-order valence-corrected chi connectivity index (χ2v) is 6.72. The van der Waals surface area contributed by atoms with Crippen molar-refractivity contribution in [3.05, 3.63) is 83.3 Å². The Kier molecular flexibility index (Phi) is 6.37. The fourth-order valence-corrected chi connectivity index (χ4v) is 3.16. The van der Waals surface area contributed by atoms with Gasteiger partial charge >= 0.3 is 0 Å². The highest BCUT2D eigenvalue weighted by Crippen LogP contribution is 2.25. The molecule has 0 saturated heterocycles. The van der Waals surface area contributed by atoms with Crippen LogP contribution in [0.15, 0.2) is 60.9 Å². The lowest BCUT2D eigenvalue weighted by atomic mass is 10.0. The molecule has 0 atom stereocenters. The summed E-state index contributed by atoms with van der Waals surface area (Å²) in [4.78, 5) is 23.0. The Hall–Kier alpha value is -3.21. The average molecular weight is 374 g/mol. The normalized spacial score (nSPS) is 10.5. The fraction of sp³-hybridized carbons (Fsp3) is 0.261. The molecule has 5 heteroatoms. The number of rotatable bonds is 7. The largest absolute Gasteiger partial charge is 0.338 e. The lowest BCUT2D eigenvalue weighted by Gasteiger charge is -2.17. The number of nitrogens with zero attached hydrogens (tertiary/aromatic N) is 3. The monoisotopic (exact) mass is 374 g/mol. The second-order valence-electron chi connectivity index (χ2n) is 6.72. The van der Waals surface area contributed by atoms with E-state index in [9.17, 15) is 4.79 Å². The van der Waals surface area contributed by atoms with E-state index in [4.69, 9.17) is 0 Å². The Morgan fingerprint density at radius 1 is 0.929 bits per heavy atom. The molecule has 0 fully saturated rings. The maximum atomic E-state index is 12.6. The van der Waals surface area contributed by atoms with Crippen LogP contribution in [-0.2, 0) is 19.4 Å². The summed E-state index contributed by atoms with van der Waals surface area (Å²) in [5.74, 6) is 0.490. The Labute approximate surface area is 166 Å². The summed E-state index contributed by atoms with van der Waals surface area (Å²) in [6.07, 6.45) is 5.02. The molecule has 0 unspecified atom stereocenters. The minimum Gasteiger partial charge on any atom is -0.338 e. The van der Waals surface area contributed by atoms with Crippen molar-refractivity contribution in [3.8, 4) is 0 Å². The van der Waals surface area contributed by atoms with Gasteiger partial charge in [-0.25, -0.2) is 9.97 Å². The predicted molar refractivity (Wildman–Crippen MR) is 113 cm³/mol. The number of aromatic nitrogens is 2. The van der Waals surface area contributed by atoms with Crippen LogP contribution in [0, 0.1) is 0 Å². The first-order chi connectivity index (χ1) is 13.6. The Morgan fingerprint density at radius 3 is 2.18 bits per heavy atom. The van der Waals surface area contributed by atoms with E-state index in [1.54, 1.807) is 18.1 Å². The van der Waals surface area contributed by atoms with Gasteiger partial charge in [-0.05, 0) is 29.5 Å². The number of carbonyl (C=O) groups is 1. The number of amides is 1. The first-order valence-corrected chi connectivity index (χ1v) is 9.61. The lowest BCUT2D eigenvalue weighted by Crippen LogP contribution is -2.27. The van der Waals surface area contributed by atoms with E-state index in [1.165, 1.54) is 17.3 Å². The molecular weight excluding hydrogens is 348 g/mol. The average Bonchev–Trinajstić information content (AvgIpc) is 2.74. The molecule has 2 aromatic carbocycles. The minimum atomic E-state index is -0.147. The maximum absolute atomic E-state index is 12.6. The summed E-state index contributed by atoms with van der Waals surface area (Å²) in [6, 6.07) is 16.2. The van der Waals surface area contributed by atoms with Crippen molar-refractivity contribution in [1.82, 2.24) is 14.9 Å². The molecule has 3 rings (SSSR count). The molecule has 0 aliphatic carbocycles. The summed E-state index contributed by atoms with van der Waals surface area (Å²) >= 11 is 0. The Bertz CT molecular complexity index is 901. The number of benzene rings is 2. The van der Waals surface area contributed by atoms with Crippen LogP contribution >= 0.6 is 0 Å². The van der Waals surface area contributed by atoms with Gasteiger partial charge in [0, 0.05) is 19.3 Å². The molecule has 0 aliphatic rings. The zero-order chi connectivity index (χ0) is 19.9. The van der Waals surface area contributed by atoms with Crippen LogP contribution in [0.2, 0.25) is 0 Å². The molecule has 0 aliphatic heterocycles. The zero-order valence-electron chi connectivity index (χ0n) is 16.6. The highest BCUT2D eigenvalue weighted by atomic mass is 16.2. The first-order valence-electron chi connectivity index (χ1n) is 9.61. The third kappa shape index (κ3) is 4.55. The third-order valence-electron chi connectivity index (χ3n) is 4.73. The Morgan fingerprint density at radius 2 is 1.61 bits per heavy atom. The molecule has 0 saturated carbocycles. The fourth-order valence-electron chi connectivity index (χ4n) is 3.16. The number of aryl methyl sites for hydroxylation is 2. The summed E-state index contributed by atoms with van der Waals surface area (Å²) < 4.78 is 0. The van der Waals surface area contributed by atoms with Crippen molar-refractivity contribution in [2.24, 2.45) is 0 Å². The van der Waals surface area contributed by atoms with Crippen molar-refractivity contribution in [2.45, 2.75) is 33.2 Å². The maximum Gasteiger partial charge on any atom is 0.274 e. The van der Waals surface area contributed by atoms with E-state index in [-0.39, 0.29) is 5.91 Å². The van der Waals surface area contributed by atoms with Gasteiger partial charge < -0.3 is 10.2 Å². The smallest absolute Gasteiger partial charge is 0.274 e. The van der Waals surface area contributed by atoms with Gasteiger partial charge in [0.2, 0.25) is 0 Å². The number of para-hydroxylation sites is 1. The van der Waals surface area contributed by atoms with Gasteiger partial charge in [0.1, 0.15) is 11.5 Å². The lowest BCUT2D eigenvalue weighted by molar-refractivity contribution is 0.0779. The summed E-state index contributed by atoms with van der Waals surface area (Å²) in [7, 11) is 1.77. The summed E-state index contributed by atoms with van der Waals surface area (Å²) in [5, 5.41) is 3.38. The van der Waals surface area contributed by atoms with Crippen LogP contribution in [-0.4, -0.2) is 27.8 Å². The predicted octanol–water partition coefficient (Wildman–Crippen LogP) is 4.62. The number of nitrogens with one attached hydrogen (secondary N) is 1. The molecule has 1 amide bonds. The number of carbonyl (C=O) groups excluding carboxylic acids is 1. The van der Waals surface area contributed by atoms with Crippen molar-refractivity contribution < 1.29 is 4.79 Å². The molecule has 144 valence electrons. The number of anilines is 2. The quantitative estimate of drug-likeness (QED) is 0.656. The van der Waals surface area contributed by atoms with Gasteiger partial charge in [-0.2, -0.15) is 0 Å². The van der Waals surface area contributed by atoms with Gasteiger partial charge in [0.25, 0.3) is 5.91 Å². The molecule has 5 nitrogen and oxygen atoms in total. The van der Waals surface area contributed by atoms with E-state index in [0.717, 1.165) is 24.1 Å². The Balaban J connectivity index is 1.72. The first kappa shape index (κ1) is 19.5. The van der Waals surface area contributed by atoms with Gasteiger partial charge in [-0.15, -0.1) is 0 Å². The van der Waals surface area contributed by atoms with Crippen LogP contribution in [0.4, 0.5) is 11.5 Å². The van der Waals surface area contributed by atoms with Crippen LogP contribution in [0.1, 0.15) is 41.0 Å². The van der Waals surface area contributed by atoms with Gasteiger partial charge in [0.05, 0.1) is 12.4 Å². The molecule has 1 aromatic heterocycles. The SMILES string of the molecule is CCc1cccc(CC)c1Nc1cnc(C(=O)N(C)Cc2ccccc2)cn1. The number of hydrogen-bond acceptors (Lipinski definition) is 4. The summed E-state index contributed by atoms with van der Waals surface area (Å²) in [5.41, 5.74) is 4.98. The zero-order valence-corrected chi connectivity index (χ0v) is 16.6. The standard InChI is InChI=1S/C23H26N4O/c1-4-18-12-9-13-19(5-2)22(18)26-21-15-24-20(14-25-21)23(28)27(3)16-17-10-7-6-8-11-17/h6-15H,4-5,16H2,1-3H3,(H,25,26). The molecular formula is C23H26N4O. The van der Waals surface area contributed by atoms with Gasteiger partial charge in [0.15, 0.2) is 0 Å². The molecule has 28 heavy (non-hydrogen) atoms. The van der Waals surface area contributed by atoms with Crippen molar-refractivity contribution in [3.63, 3.8) is 0 Å². The van der Waals surface area contributed by atoms with E-state index in [1.807, 2.05) is 30.3 Å². The van der Waals surface area contributed by atoms with Crippen molar-refractivity contribution >= 4 is 17.4 Å². The molecule has 0 radical (unpaired) electrons. The topological polar surface area (TPSA) is 58.1 Å². The molecule has 1 N–H and O–H groups in total. The molecule has 1 heterocycles.